The molecular weight excluding hydrogens is 529 g/mol. The molecule has 1 atom stereocenters. The first-order valence-corrected chi connectivity index (χ1v) is 14.7. The van der Waals surface area contributed by atoms with Gasteiger partial charge in [-0.05, 0) is 83.0 Å². The number of carbonyl (C=O) groups is 2. The van der Waals surface area contributed by atoms with Crippen LogP contribution >= 0.6 is 0 Å². The van der Waals surface area contributed by atoms with Crippen molar-refractivity contribution < 1.29 is 22.4 Å². The van der Waals surface area contributed by atoms with Crippen molar-refractivity contribution in [3.8, 4) is 0 Å². The average Bonchev–Trinajstić information content (AvgIpc) is 2.88. The van der Waals surface area contributed by atoms with Gasteiger partial charge < -0.3 is 10.2 Å². The molecule has 0 aliphatic heterocycles. The SMILES string of the molecule is CC[C@H](C(=O)NC(C)(C)C)N(Cc1ccc(C)cc1)C(=O)CN(c1ccc(F)cc1)S(=O)(=O)c1ccc(C)cc1. The molecule has 0 bridgehead atoms. The van der Waals surface area contributed by atoms with Gasteiger partial charge in [0.25, 0.3) is 10.0 Å². The van der Waals surface area contributed by atoms with Crippen LogP contribution in [0.1, 0.15) is 50.8 Å². The molecule has 0 saturated carbocycles. The minimum atomic E-state index is -4.21. The van der Waals surface area contributed by atoms with Gasteiger partial charge in [-0.1, -0.05) is 54.4 Å². The van der Waals surface area contributed by atoms with Crippen LogP contribution in [0, 0.1) is 19.7 Å². The summed E-state index contributed by atoms with van der Waals surface area (Å²) in [6.45, 7) is 10.7. The van der Waals surface area contributed by atoms with E-state index in [4.69, 9.17) is 0 Å². The number of rotatable bonds is 10. The molecule has 214 valence electrons. The second-order valence-corrected chi connectivity index (χ2v) is 12.8. The number of hydrogen-bond acceptors (Lipinski definition) is 4. The standard InChI is InChI=1S/C31H38FN3O4S/c1-7-28(30(37)33-31(4,5)6)34(20-24-12-8-22(2)9-13-24)29(36)21-35(26-16-14-25(32)15-17-26)40(38,39)27-18-10-23(3)11-19-27/h8-19,28H,7,20-21H2,1-6H3,(H,33,37)/t28-/m1/s1. The molecule has 1 N–H and O–H groups in total. The van der Waals surface area contributed by atoms with E-state index in [1.165, 1.54) is 29.2 Å². The predicted molar refractivity (Wildman–Crippen MR) is 156 cm³/mol. The zero-order valence-electron chi connectivity index (χ0n) is 23.9. The third kappa shape index (κ3) is 7.91. The Balaban J connectivity index is 2.06. The van der Waals surface area contributed by atoms with Crippen molar-refractivity contribution in [2.24, 2.45) is 0 Å². The van der Waals surface area contributed by atoms with Crippen LogP contribution in [0.3, 0.4) is 0 Å². The molecule has 0 fully saturated rings. The number of amides is 2. The maximum Gasteiger partial charge on any atom is 0.264 e. The summed E-state index contributed by atoms with van der Waals surface area (Å²) < 4.78 is 42.4. The van der Waals surface area contributed by atoms with E-state index in [1.54, 1.807) is 12.1 Å². The lowest BCUT2D eigenvalue weighted by molar-refractivity contribution is -0.141. The Morgan fingerprint density at radius 2 is 1.40 bits per heavy atom. The lowest BCUT2D eigenvalue weighted by Gasteiger charge is -2.34. The zero-order chi connectivity index (χ0) is 29.7. The van der Waals surface area contributed by atoms with Crippen LogP contribution in [0.4, 0.5) is 10.1 Å². The summed E-state index contributed by atoms with van der Waals surface area (Å²) in [6.07, 6.45) is 0.320. The van der Waals surface area contributed by atoms with E-state index in [-0.39, 0.29) is 23.0 Å². The third-order valence-corrected chi connectivity index (χ3v) is 8.15. The summed E-state index contributed by atoms with van der Waals surface area (Å²) in [5.74, 6) is -1.42. The zero-order valence-corrected chi connectivity index (χ0v) is 24.8. The summed E-state index contributed by atoms with van der Waals surface area (Å²) in [5.41, 5.74) is 2.33. The van der Waals surface area contributed by atoms with E-state index in [0.717, 1.165) is 33.1 Å². The molecule has 9 heteroatoms. The quantitative estimate of drug-likeness (QED) is 0.357. The predicted octanol–water partition coefficient (Wildman–Crippen LogP) is 5.36. The average molecular weight is 568 g/mol. The maximum absolute atomic E-state index is 14.0. The monoisotopic (exact) mass is 567 g/mol. The molecular formula is C31H38FN3O4S. The van der Waals surface area contributed by atoms with Crippen LogP contribution in [0.25, 0.3) is 0 Å². The number of benzene rings is 3. The Morgan fingerprint density at radius 1 is 0.875 bits per heavy atom. The Kier molecular flexibility index (Phi) is 9.73. The number of hydrogen-bond donors (Lipinski definition) is 1. The molecule has 7 nitrogen and oxygen atoms in total. The van der Waals surface area contributed by atoms with E-state index in [0.29, 0.717) is 6.42 Å². The summed E-state index contributed by atoms with van der Waals surface area (Å²) in [4.78, 5) is 28.8. The molecule has 40 heavy (non-hydrogen) atoms. The van der Waals surface area contributed by atoms with E-state index in [9.17, 15) is 22.4 Å². The molecule has 0 heterocycles. The molecule has 3 aromatic rings. The topological polar surface area (TPSA) is 86.8 Å². The van der Waals surface area contributed by atoms with Crippen molar-refractivity contribution in [3.63, 3.8) is 0 Å². The number of nitrogens with one attached hydrogen (secondary N) is 1. The van der Waals surface area contributed by atoms with E-state index >= 15 is 0 Å². The number of anilines is 1. The Labute approximate surface area is 237 Å². The molecule has 0 unspecified atom stereocenters. The van der Waals surface area contributed by atoms with Crippen LogP contribution in [-0.4, -0.2) is 43.3 Å². The molecule has 3 rings (SSSR count). The van der Waals surface area contributed by atoms with Crippen LogP contribution in [0.5, 0.6) is 0 Å². The first kappa shape index (κ1) is 30.8. The van der Waals surface area contributed by atoms with Crippen molar-refractivity contribution >= 4 is 27.5 Å². The van der Waals surface area contributed by atoms with Crippen LogP contribution < -0.4 is 9.62 Å². The van der Waals surface area contributed by atoms with Gasteiger partial charge in [0.05, 0.1) is 10.6 Å². The fourth-order valence-corrected chi connectivity index (χ4v) is 5.65. The molecule has 0 spiro atoms. The van der Waals surface area contributed by atoms with Gasteiger partial charge in [0.2, 0.25) is 11.8 Å². The highest BCUT2D eigenvalue weighted by atomic mass is 32.2. The first-order chi connectivity index (χ1) is 18.7. The molecule has 0 aromatic heterocycles. The normalized spacial score (nSPS) is 12.5. The van der Waals surface area contributed by atoms with Crippen molar-refractivity contribution in [2.75, 3.05) is 10.8 Å². The van der Waals surface area contributed by atoms with Crippen LogP contribution in [0.2, 0.25) is 0 Å². The minimum Gasteiger partial charge on any atom is -0.350 e. The van der Waals surface area contributed by atoms with Crippen molar-refractivity contribution in [1.29, 1.82) is 0 Å². The Morgan fingerprint density at radius 3 is 1.90 bits per heavy atom. The fraction of sp³-hybridized carbons (Fsp3) is 0.355. The van der Waals surface area contributed by atoms with Gasteiger partial charge in [-0.25, -0.2) is 12.8 Å². The van der Waals surface area contributed by atoms with Gasteiger partial charge in [0, 0.05) is 12.1 Å². The molecule has 0 aliphatic rings. The molecule has 0 radical (unpaired) electrons. The highest BCUT2D eigenvalue weighted by Gasteiger charge is 2.34. The summed E-state index contributed by atoms with van der Waals surface area (Å²) in [5, 5.41) is 2.95. The highest BCUT2D eigenvalue weighted by molar-refractivity contribution is 7.92. The van der Waals surface area contributed by atoms with E-state index < -0.39 is 39.9 Å². The Hall–Kier alpha value is -3.72. The van der Waals surface area contributed by atoms with Gasteiger partial charge in [-0.3, -0.25) is 13.9 Å². The van der Waals surface area contributed by atoms with Crippen molar-refractivity contribution in [1.82, 2.24) is 10.2 Å². The second-order valence-electron chi connectivity index (χ2n) is 11.0. The lowest BCUT2D eigenvalue weighted by atomic mass is 10.1. The molecule has 3 aromatic carbocycles. The number of halogens is 1. The number of carbonyl (C=O) groups excluding carboxylic acids is 2. The summed E-state index contributed by atoms with van der Waals surface area (Å²) >= 11 is 0. The van der Waals surface area contributed by atoms with Crippen LogP contribution in [0.15, 0.2) is 77.7 Å². The molecule has 0 aliphatic carbocycles. The van der Waals surface area contributed by atoms with E-state index in [1.807, 2.05) is 65.8 Å². The highest BCUT2D eigenvalue weighted by Crippen LogP contribution is 2.25. The minimum absolute atomic E-state index is 0.00201. The second kappa shape index (κ2) is 12.6. The van der Waals surface area contributed by atoms with Gasteiger partial charge in [-0.15, -0.1) is 0 Å². The van der Waals surface area contributed by atoms with Gasteiger partial charge in [-0.2, -0.15) is 0 Å². The smallest absolute Gasteiger partial charge is 0.264 e. The van der Waals surface area contributed by atoms with Crippen LogP contribution in [-0.2, 0) is 26.2 Å². The number of sulfonamides is 1. The first-order valence-electron chi connectivity index (χ1n) is 13.2. The Bertz CT molecular complexity index is 1420. The van der Waals surface area contributed by atoms with Gasteiger partial charge in [0.1, 0.15) is 18.4 Å². The summed E-state index contributed by atoms with van der Waals surface area (Å²) in [7, 11) is -4.21. The van der Waals surface area contributed by atoms with Crippen molar-refractivity contribution in [2.45, 2.75) is 71.0 Å². The largest absolute Gasteiger partial charge is 0.350 e. The van der Waals surface area contributed by atoms with E-state index in [2.05, 4.69) is 5.32 Å². The maximum atomic E-state index is 14.0. The number of nitrogens with zero attached hydrogens (tertiary/aromatic N) is 2. The third-order valence-electron chi connectivity index (χ3n) is 6.36. The van der Waals surface area contributed by atoms with Gasteiger partial charge >= 0.3 is 0 Å². The molecule has 2 amide bonds. The summed E-state index contributed by atoms with van der Waals surface area (Å²) in [6, 6.07) is 18.0. The fourth-order valence-electron chi connectivity index (χ4n) is 4.24. The number of aryl methyl sites for hydroxylation is 2. The molecule has 0 saturated heterocycles. The lowest BCUT2D eigenvalue weighted by Crippen LogP contribution is -2.55. The van der Waals surface area contributed by atoms with Crippen molar-refractivity contribution in [3.05, 3.63) is 95.3 Å². The van der Waals surface area contributed by atoms with Gasteiger partial charge in [0.15, 0.2) is 0 Å².